The van der Waals surface area contributed by atoms with Gasteiger partial charge < -0.3 is 5.11 Å². The van der Waals surface area contributed by atoms with Crippen LogP contribution in [-0.4, -0.2) is 11.1 Å². The largest absolute Gasteiger partial charge is 0.478 e. The first-order chi connectivity index (χ1) is 7.07. The van der Waals surface area contributed by atoms with Crippen molar-refractivity contribution in [3.63, 3.8) is 0 Å². The van der Waals surface area contributed by atoms with Gasteiger partial charge in [-0.15, -0.1) is 0 Å². The Morgan fingerprint density at radius 3 is 2.53 bits per heavy atom. The lowest BCUT2D eigenvalue weighted by Gasteiger charge is -2.06. The van der Waals surface area contributed by atoms with Crippen molar-refractivity contribution in [2.45, 2.75) is 59.3 Å². The zero-order valence-electron chi connectivity index (χ0n) is 10.3. The Kier molecular flexibility index (Phi) is 8.06. The van der Waals surface area contributed by atoms with Crippen LogP contribution in [-0.2, 0) is 4.79 Å². The molecule has 0 saturated carbocycles. The second-order valence-electron chi connectivity index (χ2n) is 4.34. The van der Waals surface area contributed by atoms with Gasteiger partial charge in [-0.05, 0) is 25.7 Å². The number of carboxylic acid groups (broad SMARTS) is 1. The molecule has 0 aliphatic heterocycles. The van der Waals surface area contributed by atoms with Crippen LogP contribution in [0.1, 0.15) is 59.3 Å². The second kappa shape index (κ2) is 8.51. The quantitative estimate of drug-likeness (QED) is 0.487. The van der Waals surface area contributed by atoms with Gasteiger partial charge in [-0.2, -0.15) is 0 Å². The Morgan fingerprint density at radius 2 is 2.00 bits per heavy atom. The number of unbranched alkanes of at least 4 members (excludes halogenated alkanes) is 3. The molecule has 0 radical (unpaired) electrons. The summed E-state index contributed by atoms with van der Waals surface area (Å²) < 4.78 is 0. The molecule has 0 bridgehead atoms. The molecule has 0 fully saturated rings. The van der Waals surface area contributed by atoms with E-state index in [9.17, 15) is 4.79 Å². The first-order valence-corrected chi connectivity index (χ1v) is 5.98. The van der Waals surface area contributed by atoms with Gasteiger partial charge in [0.25, 0.3) is 0 Å². The molecule has 0 amide bonds. The smallest absolute Gasteiger partial charge is 0.330 e. The van der Waals surface area contributed by atoms with Gasteiger partial charge in [0.05, 0.1) is 0 Å². The topological polar surface area (TPSA) is 37.3 Å². The number of rotatable bonds is 8. The maximum atomic E-state index is 10.5. The molecule has 2 heteroatoms. The summed E-state index contributed by atoms with van der Waals surface area (Å²) in [6, 6.07) is 0. The van der Waals surface area contributed by atoms with Crippen molar-refractivity contribution in [1.29, 1.82) is 0 Å². The molecule has 88 valence electrons. The van der Waals surface area contributed by atoms with E-state index in [1.54, 1.807) is 6.92 Å². The lowest BCUT2D eigenvalue weighted by Crippen LogP contribution is -1.95. The van der Waals surface area contributed by atoms with Crippen LogP contribution in [0.5, 0.6) is 0 Å². The minimum absolute atomic E-state index is 0.469. The van der Waals surface area contributed by atoms with Gasteiger partial charge in [0, 0.05) is 5.57 Å². The van der Waals surface area contributed by atoms with Gasteiger partial charge in [0.2, 0.25) is 0 Å². The average molecular weight is 212 g/mol. The SMILES string of the molecule is CCC(C)CCCCCC=C(C)C(=O)O. The molecule has 0 aromatic carbocycles. The zero-order chi connectivity index (χ0) is 11.7. The Labute approximate surface area is 93.4 Å². The van der Waals surface area contributed by atoms with Crippen LogP contribution in [0.4, 0.5) is 0 Å². The highest BCUT2D eigenvalue weighted by Gasteiger charge is 1.99. The molecule has 0 spiro atoms. The second-order valence-corrected chi connectivity index (χ2v) is 4.34. The maximum absolute atomic E-state index is 10.5. The first-order valence-electron chi connectivity index (χ1n) is 5.98. The van der Waals surface area contributed by atoms with Crippen LogP contribution in [0.3, 0.4) is 0 Å². The molecule has 0 aromatic heterocycles. The van der Waals surface area contributed by atoms with Crippen molar-refractivity contribution in [2.75, 3.05) is 0 Å². The van der Waals surface area contributed by atoms with Gasteiger partial charge in [-0.1, -0.05) is 45.6 Å². The van der Waals surface area contributed by atoms with Crippen LogP contribution in [0.15, 0.2) is 11.6 Å². The monoisotopic (exact) mass is 212 g/mol. The number of hydrogen-bond acceptors (Lipinski definition) is 1. The van der Waals surface area contributed by atoms with E-state index >= 15 is 0 Å². The third-order valence-corrected chi connectivity index (χ3v) is 2.89. The molecule has 0 aliphatic carbocycles. The third-order valence-electron chi connectivity index (χ3n) is 2.89. The molecule has 0 aromatic rings. The number of hydrogen-bond donors (Lipinski definition) is 1. The highest BCUT2D eigenvalue weighted by atomic mass is 16.4. The highest BCUT2D eigenvalue weighted by Crippen LogP contribution is 2.13. The summed E-state index contributed by atoms with van der Waals surface area (Å²) in [6.07, 6.45) is 8.89. The van der Waals surface area contributed by atoms with Crippen molar-refractivity contribution in [3.05, 3.63) is 11.6 Å². The van der Waals surface area contributed by atoms with E-state index in [1.165, 1.54) is 25.7 Å². The molecule has 0 rings (SSSR count). The van der Waals surface area contributed by atoms with Gasteiger partial charge in [-0.3, -0.25) is 0 Å². The fraction of sp³-hybridized carbons (Fsp3) is 0.769. The molecule has 0 heterocycles. The number of carboxylic acids is 1. The molecule has 2 nitrogen and oxygen atoms in total. The lowest BCUT2D eigenvalue weighted by atomic mass is 10.0. The summed E-state index contributed by atoms with van der Waals surface area (Å²) in [6.45, 7) is 6.17. The summed E-state index contributed by atoms with van der Waals surface area (Å²) in [7, 11) is 0. The summed E-state index contributed by atoms with van der Waals surface area (Å²) in [4.78, 5) is 10.5. The maximum Gasteiger partial charge on any atom is 0.330 e. The van der Waals surface area contributed by atoms with E-state index in [4.69, 9.17) is 5.11 Å². The molecule has 1 N–H and O–H groups in total. The minimum Gasteiger partial charge on any atom is -0.478 e. The Morgan fingerprint density at radius 1 is 1.33 bits per heavy atom. The number of carbonyl (C=O) groups is 1. The Bertz CT molecular complexity index is 207. The van der Waals surface area contributed by atoms with E-state index in [2.05, 4.69) is 13.8 Å². The van der Waals surface area contributed by atoms with Gasteiger partial charge in [0.1, 0.15) is 0 Å². The van der Waals surface area contributed by atoms with Gasteiger partial charge in [-0.25, -0.2) is 4.79 Å². The lowest BCUT2D eigenvalue weighted by molar-refractivity contribution is -0.132. The van der Waals surface area contributed by atoms with Gasteiger partial charge >= 0.3 is 5.97 Å². The number of allylic oxidation sites excluding steroid dienone is 1. The molecule has 15 heavy (non-hydrogen) atoms. The first kappa shape index (κ1) is 14.2. The summed E-state index contributed by atoms with van der Waals surface area (Å²) >= 11 is 0. The van der Waals surface area contributed by atoms with Crippen LogP contribution in [0, 0.1) is 5.92 Å². The van der Waals surface area contributed by atoms with Crippen molar-refractivity contribution in [1.82, 2.24) is 0 Å². The predicted molar refractivity (Wildman–Crippen MR) is 63.9 cm³/mol. The normalized spacial score (nSPS) is 13.9. The summed E-state index contributed by atoms with van der Waals surface area (Å²) in [5.41, 5.74) is 0.469. The molecule has 1 unspecified atom stereocenters. The fourth-order valence-electron chi connectivity index (χ4n) is 1.42. The van der Waals surface area contributed by atoms with Crippen LogP contribution >= 0.6 is 0 Å². The fourth-order valence-corrected chi connectivity index (χ4v) is 1.42. The highest BCUT2D eigenvalue weighted by molar-refractivity contribution is 5.85. The van der Waals surface area contributed by atoms with Crippen LogP contribution in [0.2, 0.25) is 0 Å². The Balaban J connectivity index is 3.40. The van der Waals surface area contributed by atoms with Crippen LogP contribution < -0.4 is 0 Å². The molecule has 1 atom stereocenters. The molecular formula is C13H24O2. The third kappa shape index (κ3) is 8.22. The molecule has 0 saturated heterocycles. The van der Waals surface area contributed by atoms with E-state index < -0.39 is 5.97 Å². The van der Waals surface area contributed by atoms with Crippen LogP contribution in [0.25, 0.3) is 0 Å². The van der Waals surface area contributed by atoms with E-state index in [0.717, 1.165) is 18.8 Å². The zero-order valence-corrected chi connectivity index (χ0v) is 10.3. The van der Waals surface area contributed by atoms with Crippen molar-refractivity contribution < 1.29 is 9.90 Å². The van der Waals surface area contributed by atoms with Gasteiger partial charge in [0.15, 0.2) is 0 Å². The average Bonchev–Trinajstić information content (AvgIpc) is 2.22. The van der Waals surface area contributed by atoms with Crippen molar-refractivity contribution >= 4 is 5.97 Å². The molecule has 0 aliphatic rings. The summed E-state index contributed by atoms with van der Waals surface area (Å²) in [5, 5.41) is 8.62. The summed E-state index contributed by atoms with van der Waals surface area (Å²) in [5.74, 6) is 0.0379. The Hall–Kier alpha value is -0.790. The number of aliphatic carboxylic acids is 1. The van der Waals surface area contributed by atoms with E-state index in [1.807, 2.05) is 6.08 Å². The molecular weight excluding hydrogens is 188 g/mol. The van der Waals surface area contributed by atoms with Crippen molar-refractivity contribution in [2.24, 2.45) is 5.92 Å². The van der Waals surface area contributed by atoms with E-state index in [-0.39, 0.29) is 0 Å². The standard InChI is InChI=1S/C13H24O2/c1-4-11(2)9-7-5-6-8-10-12(3)13(14)15/h10-11H,4-9H2,1-3H3,(H,14,15). The van der Waals surface area contributed by atoms with E-state index in [0.29, 0.717) is 5.57 Å². The van der Waals surface area contributed by atoms with Crippen molar-refractivity contribution in [3.8, 4) is 0 Å². The predicted octanol–water partition coefficient (Wildman–Crippen LogP) is 4.01. The minimum atomic E-state index is -0.797.